The monoisotopic (exact) mass is 886 g/mol. The van der Waals surface area contributed by atoms with Gasteiger partial charge in [0, 0.05) is 61.1 Å². The number of hydrogen-bond donors (Lipinski definition) is 1. The fraction of sp³-hybridized carbons (Fsp3) is 0. The molecule has 0 spiro atoms. The van der Waals surface area contributed by atoms with Crippen molar-refractivity contribution in [3.8, 4) is 39.1 Å². The number of phenolic OH excluding ortho intramolecular Hbond substituents is 1. The van der Waals surface area contributed by atoms with Gasteiger partial charge in [0.15, 0.2) is 5.58 Å². The quantitative estimate of drug-likeness (QED) is 0.156. The van der Waals surface area contributed by atoms with Crippen LogP contribution in [0.5, 0.6) is 5.75 Å². The molecule has 1 N–H and O–H groups in total. The van der Waals surface area contributed by atoms with E-state index < -0.39 is 0 Å². The highest BCUT2D eigenvalue weighted by Crippen LogP contribution is 2.50. The SMILES string of the molecule is Oc1ccccc1-c1cccc(N(c2ccccc2-c2ccccc2)c2cc3oc4ccc(N(c5ccccc5-c5ccccc5)c5cccc6c5oc5ccccc56)cc4c3c3ccccc23)c1. The Bertz CT molecular complexity index is 4060. The highest BCUT2D eigenvalue weighted by molar-refractivity contribution is 6.23. The maximum absolute atomic E-state index is 11.0. The summed E-state index contributed by atoms with van der Waals surface area (Å²) in [5, 5.41) is 17.3. The first-order valence-corrected chi connectivity index (χ1v) is 23.2. The number of benzene rings is 11. The Balaban J connectivity index is 1.06. The molecular formula is C64H42N2O3. The summed E-state index contributed by atoms with van der Waals surface area (Å²) in [4.78, 5) is 4.67. The second kappa shape index (κ2) is 16.5. The summed E-state index contributed by atoms with van der Waals surface area (Å²) in [5.74, 6) is 0.232. The smallest absolute Gasteiger partial charge is 0.159 e. The summed E-state index contributed by atoms with van der Waals surface area (Å²) in [6.45, 7) is 0. The Kier molecular flexibility index (Phi) is 9.58. The molecule has 0 fully saturated rings. The van der Waals surface area contributed by atoms with Gasteiger partial charge < -0.3 is 23.7 Å². The topological polar surface area (TPSA) is 53.0 Å². The molecule has 11 aromatic carbocycles. The van der Waals surface area contributed by atoms with E-state index in [2.05, 4.69) is 216 Å². The number of aromatic hydroxyl groups is 1. The summed E-state index contributed by atoms with van der Waals surface area (Å²) in [7, 11) is 0. The van der Waals surface area contributed by atoms with Crippen LogP contribution in [0.4, 0.5) is 34.1 Å². The van der Waals surface area contributed by atoms with Crippen molar-refractivity contribution in [1.82, 2.24) is 0 Å². The summed E-state index contributed by atoms with van der Waals surface area (Å²) in [5.41, 5.74) is 15.1. The largest absolute Gasteiger partial charge is 0.507 e. The van der Waals surface area contributed by atoms with E-state index in [-0.39, 0.29) is 5.75 Å². The zero-order chi connectivity index (χ0) is 45.8. The molecule has 2 heterocycles. The second-order valence-electron chi connectivity index (χ2n) is 17.4. The summed E-state index contributed by atoms with van der Waals surface area (Å²) in [6.07, 6.45) is 0. The molecule has 2 aromatic heterocycles. The van der Waals surface area contributed by atoms with Gasteiger partial charge in [-0.1, -0.05) is 182 Å². The molecule has 0 saturated carbocycles. The van der Waals surface area contributed by atoms with Gasteiger partial charge in [-0.05, 0) is 82.7 Å². The molecule has 5 heteroatoms. The highest BCUT2D eigenvalue weighted by atomic mass is 16.3. The van der Waals surface area contributed by atoms with Gasteiger partial charge in [0.2, 0.25) is 0 Å². The molecule has 5 nitrogen and oxygen atoms in total. The van der Waals surface area contributed by atoms with Crippen LogP contribution in [0.25, 0.3) is 88.0 Å². The third-order valence-electron chi connectivity index (χ3n) is 13.3. The molecule has 13 aromatic rings. The molecule has 0 bridgehead atoms. The van der Waals surface area contributed by atoms with Crippen molar-refractivity contribution in [2.45, 2.75) is 0 Å². The summed E-state index contributed by atoms with van der Waals surface area (Å²) in [6, 6.07) is 86.2. The van der Waals surface area contributed by atoms with Crippen LogP contribution >= 0.6 is 0 Å². The van der Waals surface area contributed by atoms with Crippen molar-refractivity contribution in [2.24, 2.45) is 0 Å². The standard InChI is InChI=1S/C64H42N2O3/c67-59-35-15-11-27-49(59)44-23-17-24-45(39-44)66(56-33-14-10-26-48(56)43-21-5-2-6-22-43)58-41-62-63(52-30-8-7-28-50(52)58)54-40-46(37-38-61(54)68-62)65(55-32-13-9-25-47(55)42-19-3-1-4-20-42)57-34-18-31-53-51-29-12-16-36-60(51)69-64(53)57/h1-41,67H. The molecular weight excluding hydrogens is 845 g/mol. The molecule has 0 unspecified atom stereocenters. The van der Waals surface area contributed by atoms with E-state index in [0.717, 1.165) is 122 Å². The Morgan fingerprint density at radius 1 is 0.290 bits per heavy atom. The van der Waals surface area contributed by atoms with Crippen LogP contribution in [0.1, 0.15) is 0 Å². The van der Waals surface area contributed by atoms with Gasteiger partial charge in [-0.15, -0.1) is 0 Å². The number of para-hydroxylation sites is 5. The number of phenols is 1. The predicted molar refractivity (Wildman–Crippen MR) is 286 cm³/mol. The zero-order valence-electron chi connectivity index (χ0n) is 37.3. The number of nitrogens with zero attached hydrogens (tertiary/aromatic N) is 2. The number of hydrogen-bond acceptors (Lipinski definition) is 5. The van der Waals surface area contributed by atoms with Crippen molar-refractivity contribution in [2.75, 3.05) is 9.80 Å². The first kappa shape index (κ1) is 40.0. The Hall–Kier alpha value is -9.32. The molecule has 0 atom stereocenters. The highest BCUT2D eigenvalue weighted by Gasteiger charge is 2.26. The van der Waals surface area contributed by atoms with E-state index in [1.807, 2.05) is 36.4 Å². The first-order chi connectivity index (χ1) is 34.2. The van der Waals surface area contributed by atoms with E-state index in [1.54, 1.807) is 6.07 Å². The minimum Gasteiger partial charge on any atom is -0.507 e. The Morgan fingerprint density at radius 3 is 1.54 bits per heavy atom. The van der Waals surface area contributed by atoms with Crippen LogP contribution in [0.3, 0.4) is 0 Å². The molecule has 326 valence electrons. The Labute approximate surface area is 398 Å². The molecule has 0 aliphatic carbocycles. The van der Waals surface area contributed by atoms with Gasteiger partial charge >= 0.3 is 0 Å². The average molecular weight is 887 g/mol. The maximum Gasteiger partial charge on any atom is 0.159 e. The number of rotatable bonds is 9. The van der Waals surface area contributed by atoms with Gasteiger partial charge in [0.25, 0.3) is 0 Å². The van der Waals surface area contributed by atoms with Crippen LogP contribution in [-0.2, 0) is 0 Å². The fourth-order valence-electron chi connectivity index (χ4n) is 10.2. The van der Waals surface area contributed by atoms with E-state index in [9.17, 15) is 5.11 Å². The van der Waals surface area contributed by atoms with Crippen LogP contribution in [0, 0.1) is 0 Å². The van der Waals surface area contributed by atoms with Gasteiger partial charge in [-0.25, -0.2) is 0 Å². The van der Waals surface area contributed by atoms with Crippen LogP contribution in [0.15, 0.2) is 258 Å². The van der Waals surface area contributed by atoms with Gasteiger partial charge in [0.1, 0.15) is 22.5 Å². The minimum atomic E-state index is 0.232. The lowest BCUT2D eigenvalue weighted by molar-refractivity contribution is 0.477. The van der Waals surface area contributed by atoms with Crippen LogP contribution < -0.4 is 9.80 Å². The molecule has 0 saturated heterocycles. The van der Waals surface area contributed by atoms with E-state index in [0.29, 0.717) is 0 Å². The number of fused-ring (bicyclic) bond motifs is 8. The molecule has 0 aliphatic rings. The minimum absolute atomic E-state index is 0.232. The molecule has 13 rings (SSSR count). The van der Waals surface area contributed by atoms with Crippen molar-refractivity contribution in [3.63, 3.8) is 0 Å². The van der Waals surface area contributed by atoms with Crippen molar-refractivity contribution >= 4 is 88.8 Å². The number of anilines is 6. The van der Waals surface area contributed by atoms with Gasteiger partial charge in [-0.3, -0.25) is 0 Å². The van der Waals surface area contributed by atoms with Crippen molar-refractivity contribution in [3.05, 3.63) is 249 Å². The summed E-state index contributed by atoms with van der Waals surface area (Å²) >= 11 is 0. The van der Waals surface area contributed by atoms with E-state index >= 15 is 0 Å². The van der Waals surface area contributed by atoms with E-state index in [4.69, 9.17) is 8.83 Å². The molecule has 0 amide bonds. The second-order valence-corrected chi connectivity index (χ2v) is 17.4. The maximum atomic E-state index is 11.0. The predicted octanol–water partition coefficient (Wildman–Crippen LogP) is 18.3. The third-order valence-corrected chi connectivity index (χ3v) is 13.3. The van der Waals surface area contributed by atoms with Crippen molar-refractivity contribution < 1.29 is 13.9 Å². The normalized spacial score (nSPS) is 11.5. The fourth-order valence-corrected chi connectivity index (χ4v) is 10.2. The molecule has 0 aliphatic heterocycles. The summed E-state index contributed by atoms with van der Waals surface area (Å²) < 4.78 is 13.8. The van der Waals surface area contributed by atoms with Crippen molar-refractivity contribution in [1.29, 1.82) is 0 Å². The molecule has 69 heavy (non-hydrogen) atoms. The average Bonchev–Trinajstić information content (AvgIpc) is 3.99. The van der Waals surface area contributed by atoms with Gasteiger partial charge in [-0.2, -0.15) is 0 Å². The zero-order valence-corrected chi connectivity index (χ0v) is 37.3. The Morgan fingerprint density at radius 2 is 0.812 bits per heavy atom. The van der Waals surface area contributed by atoms with E-state index in [1.165, 1.54) is 0 Å². The van der Waals surface area contributed by atoms with Crippen LogP contribution in [-0.4, -0.2) is 5.11 Å². The molecule has 0 radical (unpaired) electrons. The lowest BCUT2D eigenvalue weighted by Crippen LogP contribution is -2.12. The van der Waals surface area contributed by atoms with Crippen LogP contribution in [0.2, 0.25) is 0 Å². The lowest BCUT2D eigenvalue weighted by atomic mass is 9.97. The third kappa shape index (κ3) is 6.79. The number of furan rings is 2. The lowest BCUT2D eigenvalue weighted by Gasteiger charge is -2.29. The first-order valence-electron chi connectivity index (χ1n) is 23.2. The van der Waals surface area contributed by atoms with Gasteiger partial charge in [0.05, 0.1) is 22.7 Å².